The molecule has 2 fully saturated rings. The van der Waals surface area contributed by atoms with Crippen molar-refractivity contribution >= 4 is 22.6 Å². The van der Waals surface area contributed by atoms with Gasteiger partial charge in [-0.05, 0) is 53.3 Å². The number of fused-ring (bicyclic) bond motifs is 1. The lowest BCUT2D eigenvalue weighted by Crippen LogP contribution is -2.46. The molecule has 0 spiro atoms. The summed E-state index contributed by atoms with van der Waals surface area (Å²) in [7, 11) is 0. The lowest BCUT2D eigenvalue weighted by Gasteiger charge is -2.35. The number of benzene rings is 2. The number of rotatable bonds is 7. The average Bonchev–Trinajstić information content (AvgIpc) is 2.88. The molecule has 6 rings (SSSR count). The molecule has 2 aromatic carbocycles. The number of ketones is 1. The first-order chi connectivity index (χ1) is 17.7. The second kappa shape index (κ2) is 10.2. The number of nitrogens with zero attached hydrogens (tertiary/aromatic N) is 5. The summed E-state index contributed by atoms with van der Waals surface area (Å²) in [5.74, 6) is 1.62. The first-order valence-corrected chi connectivity index (χ1v) is 13.0. The molecule has 6 heteroatoms. The van der Waals surface area contributed by atoms with Crippen molar-refractivity contribution in [3.8, 4) is 11.1 Å². The number of carbonyl (C=O) groups excluding carboxylic acids is 1. The Balaban J connectivity index is 1.13. The molecule has 36 heavy (non-hydrogen) atoms. The van der Waals surface area contributed by atoms with Crippen molar-refractivity contribution in [2.75, 3.05) is 31.1 Å². The van der Waals surface area contributed by atoms with Gasteiger partial charge in [0.1, 0.15) is 11.6 Å². The molecule has 0 radical (unpaired) electrons. The van der Waals surface area contributed by atoms with Crippen LogP contribution in [-0.4, -0.2) is 51.8 Å². The van der Waals surface area contributed by atoms with Crippen molar-refractivity contribution in [3.05, 3.63) is 84.3 Å². The van der Waals surface area contributed by atoms with Gasteiger partial charge < -0.3 is 4.90 Å². The standard InChI is InChI=1S/C30H31N5O/c36-29(25-4-1-5-25)17-22-6-8-24(9-7-22)26-10-11-27-28(18-26)33-30(20-32-27)35-15-13-34(14-16-35)21-23-3-2-12-31-19-23/h2-3,6-12,18-20,25H,1,4-5,13-17,21H2. The van der Waals surface area contributed by atoms with E-state index < -0.39 is 0 Å². The SMILES string of the molecule is O=C(Cc1ccc(-c2ccc3ncc(N4CCN(Cc5cccnc5)CC4)nc3c2)cc1)C1CCC1. The van der Waals surface area contributed by atoms with Gasteiger partial charge in [0.05, 0.1) is 17.2 Å². The van der Waals surface area contributed by atoms with Gasteiger partial charge in [0.2, 0.25) is 0 Å². The highest BCUT2D eigenvalue weighted by molar-refractivity contribution is 5.85. The van der Waals surface area contributed by atoms with Crippen molar-refractivity contribution in [3.63, 3.8) is 0 Å². The number of anilines is 1. The van der Waals surface area contributed by atoms with E-state index in [0.717, 1.165) is 79.1 Å². The van der Waals surface area contributed by atoms with Crippen LogP contribution >= 0.6 is 0 Å². The third kappa shape index (κ3) is 5.00. The zero-order valence-corrected chi connectivity index (χ0v) is 20.5. The summed E-state index contributed by atoms with van der Waals surface area (Å²) in [5, 5.41) is 0. The molecule has 6 nitrogen and oxygen atoms in total. The maximum absolute atomic E-state index is 12.3. The molecule has 0 atom stereocenters. The molecule has 2 aliphatic rings. The van der Waals surface area contributed by atoms with Gasteiger partial charge in [0.25, 0.3) is 0 Å². The molecule has 182 valence electrons. The Labute approximate surface area is 212 Å². The Morgan fingerprint density at radius 1 is 0.861 bits per heavy atom. The molecule has 0 amide bonds. The monoisotopic (exact) mass is 477 g/mol. The summed E-state index contributed by atoms with van der Waals surface area (Å²) in [6, 6.07) is 18.8. The Bertz CT molecular complexity index is 1340. The number of hydrogen-bond donors (Lipinski definition) is 0. The Morgan fingerprint density at radius 3 is 2.39 bits per heavy atom. The maximum atomic E-state index is 12.3. The molecule has 0 N–H and O–H groups in total. The molecule has 3 heterocycles. The van der Waals surface area contributed by atoms with Crippen LogP contribution in [0, 0.1) is 5.92 Å². The minimum atomic E-state index is 0.294. The van der Waals surface area contributed by atoms with Gasteiger partial charge in [-0.3, -0.25) is 19.7 Å². The van der Waals surface area contributed by atoms with Crippen LogP contribution in [0.15, 0.2) is 73.2 Å². The quantitative estimate of drug-likeness (QED) is 0.376. The fourth-order valence-corrected chi connectivity index (χ4v) is 5.11. The predicted octanol–water partition coefficient (Wildman–Crippen LogP) is 4.93. The number of Topliss-reactive ketones (excluding diaryl/α,β-unsaturated/α-hetero) is 1. The molecule has 0 bridgehead atoms. The van der Waals surface area contributed by atoms with Gasteiger partial charge in [-0.1, -0.05) is 42.8 Å². The summed E-state index contributed by atoms with van der Waals surface area (Å²) in [6.07, 6.45) is 9.54. The lowest BCUT2D eigenvalue weighted by molar-refractivity contribution is -0.124. The van der Waals surface area contributed by atoms with E-state index in [1.54, 1.807) is 0 Å². The number of pyridine rings is 1. The fraction of sp³-hybridized carbons (Fsp3) is 0.333. The van der Waals surface area contributed by atoms with Crippen molar-refractivity contribution in [1.29, 1.82) is 0 Å². The largest absolute Gasteiger partial charge is 0.353 e. The molecular formula is C30H31N5O. The zero-order chi connectivity index (χ0) is 24.3. The molecular weight excluding hydrogens is 446 g/mol. The fourth-order valence-electron chi connectivity index (χ4n) is 5.11. The van der Waals surface area contributed by atoms with Crippen LogP contribution in [0.3, 0.4) is 0 Å². The van der Waals surface area contributed by atoms with Gasteiger partial charge in [-0.2, -0.15) is 0 Å². The highest BCUT2D eigenvalue weighted by atomic mass is 16.1. The summed E-state index contributed by atoms with van der Waals surface area (Å²) in [4.78, 5) is 31.0. The molecule has 1 saturated heterocycles. The third-order valence-corrected chi connectivity index (χ3v) is 7.58. The Morgan fingerprint density at radius 2 is 1.67 bits per heavy atom. The maximum Gasteiger partial charge on any atom is 0.147 e. The summed E-state index contributed by atoms with van der Waals surface area (Å²) in [6.45, 7) is 4.78. The predicted molar refractivity (Wildman–Crippen MR) is 143 cm³/mol. The van der Waals surface area contributed by atoms with Crippen LogP contribution in [0.1, 0.15) is 30.4 Å². The van der Waals surface area contributed by atoms with Crippen molar-refractivity contribution in [1.82, 2.24) is 19.9 Å². The van der Waals surface area contributed by atoms with Crippen LogP contribution in [-0.2, 0) is 17.8 Å². The van der Waals surface area contributed by atoms with E-state index in [1.807, 2.05) is 30.7 Å². The second-order valence-electron chi connectivity index (χ2n) is 10.0. The highest BCUT2D eigenvalue weighted by Gasteiger charge is 2.24. The zero-order valence-electron chi connectivity index (χ0n) is 20.5. The molecule has 2 aromatic heterocycles. The Hall–Kier alpha value is -3.64. The minimum Gasteiger partial charge on any atom is -0.353 e. The number of piperazine rings is 1. The minimum absolute atomic E-state index is 0.294. The van der Waals surface area contributed by atoms with Crippen LogP contribution in [0.5, 0.6) is 0 Å². The first-order valence-electron chi connectivity index (χ1n) is 13.0. The summed E-state index contributed by atoms with van der Waals surface area (Å²) < 4.78 is 0. The van der Waals surface area contributed by atoms with Crippen LogP contribution < -0.4 is 4.90 Å². The highest BCUT2D eigenvalue weighted by Crippen LogP contribution is 2.29. The first kappa shape index (κ1) is 22.8. The van der Waals surface area contributed by atoms with Gasteiger partial charge in [-0.25, -0.2) is 4.98 Å². The Kier molecular flexibility index (Phi) is 6.43. The van der Waals surface area contributed by atoms with Crippen molar-refractivity contribution in [2.45, 2.75) is 32.2 Å². The summed E-state index contributed by atoms with van der Waals surface area (Å²) >= 11 is 0. The number of aromatic nitrogens is 3. The molecule has 4 aromatic rings. The summed E-state index contributed by atoms with van der Waals surface area (Å²) in [5.41, 5.74) is 6.41. The van der Waals surface area contributed by atoms with E-state index in [1.165, 1.54) is 12.0 Å². The van der Waals surface area contributed by atoms with Gasteiger partial charge in [-0.15, -0.1) is 0 Å². The normalized spacial score (nSPS) is 16.7. The molecule has 1 aliphatic carbocycles. The molecule has 1 saturated carbocycles. The van der Waals surface area contributed by atoms with E-state index >= 15 is 0 Å². The van der Waals surface area contributed by atoms with E-state index in [9.17, 15) is 4.79 Å². The van der Waals surface area contributed by atoms with Gasteiger partial charge >= 0.3 is 0 Å². The van der Waals surface area contributed by atoms with Gasteiger partial charge in [0.15, 0.2) is 0 Å². The topological polar surface area (TPSA) is 62.2 Å². The molecule has 0 unspecified atom stereocenters. The second-order valence-corrected chi connectivity index (χ2v) is 10.0. The van der Waals surface area contributed by atoms with Crippen molar-refractivity contribution in [2.24, 2.45) is 5.92 Å². The number of carbonyl (C=O) groups is 1. The van der Waals surface area contributed by atoms with E-state index in [4.69, 9.17) is 9.97 Å². The number of hydrogen-bond acceptors (Lipinski definition) is 6. The van der Waals surface area contributed by atoms with E-state index in [2.05, 4.69) is 57.2 Å². The van der Waals surface area contributed by atoms with E-state index in [-0.39, 0.29) is 0 Å². The van der Waals surface area contributed by atoms with Crippen LogP contribution in [0.2, 0.25) is 0 Å². The van der Waals surface area contributed by atoms with Crippen LogP contribution in [0.4, 0.5) is 5.82 Å². The smallest absolute Gasteiger partial charge is 0.147 e. The van der Waals surface area contributed by atoms with Crippen molar-refractivity contribution < 1.29 is 4.79 Å². The van der Waals surface area contributed by atoms with Gasteiger partial charge in [0, 0.05) is 57.5 Å². The lowest BCUT2D eigenvalue weighted by atomic mass is 9.80. The average molecular weight is 478 g/mol. The third-order valence-electron chi connectivity index (χ3n) is 7.58. The molecule has 1 aliphatic heterocycles. The van der Waals surface area contributed by atoms with Crippen LogP contribution in [0.25, 0.3) is 22.2 Å². The van der Waals surface area contributed by atoms with E-state index in [0.29, 0.717) is 18.1 Å².